The molecule has 0 bridgehead atoms. The van der Waals surface area contributed by atoms with Crippen molar-refractivity contribution in [2.45, 2.75) is 52.2 Å². The van der Waals surface area contributed by atoms with Crippen LogP contribution < -0.4 is 14.5 Å². The predicted octanol–water partition coefficient (Wildman–Crippen LogP) is 4.10. The minimum Gasteiger partial charge on any atom is -0.496 e. The van der Waals surface area contributed by atoms with Crippen molar-refractivity contribution in [2.75, 3.05) is 19.3 Å². The number of fused-ring (bicyclic) bond motifs is 1. The third-order valence-corrected chi connectivity index (χ3v) is 4.47. The van der Waals surface area contributed by atoms with Gasteiger partial charge in [0, 0.05) is 0 Å². The quantitative estimate of drug-likeness (QED) is 0.812. The summed E-state index contributed by atoms with van der Waals surface area (Å²) in [6, 6.07) is 3.88. The van der Waals surface area contributed by atoms with E-state index >= 15 is 0 Å². The molecule has 0 aromatic heterocycles. The molecule has 0 saturated heterocycles. The van der Waals surface area contributed by atoms with Gasteiger partial charge >= 0.3 is 0 Å². The van der Waals surface area contributed by atoms with Gasteiger partial charge in [0.25, 0.3) is 0 Å². The first-order chi connectivity index (χ1) is 9.52. The lowest BCUT2D eigenvalue weighted by Gasteiger charge is -2.38. The zero-order valence-corrected chi connectivity index (χ0v) is 13.3. The summed E-state index contributed by atoms with van der Waals surface area (Å²) in [4.78, 5) is 6.14. The van der Waals surface area contributed by atoms with Gasteiger partial charge in [-0.3, -0.25) is 4.84 Å². The van der Waals surface area contributed by atoms with E-state index in [1.807, 2.05) is 24.1 Å². The molecule has 0 N–H and O–H groups in total. The van der Waals surface area contributed by atoms with Gasteiger partial charge in [0.1, 0.15) is 23.3 Å². The Labute approximate surface area is 121 Å². The largest absolute Gasteiger partial charge is 0.496 e. The van der Waals surface area contributed by atoms with Gasteiger partial charge in [-0.25, -0.2) is 5.06 Å². The lowest BCUT2D eigenvalue weighted by molar-refractivity contribution is 0.0197. The van der Waals surface area contributed by atoms with Crippen LogP contribution >= 0.6 is 0 Å². The second-order valence-electron chi connectivity index (χ2n) is 5.48. The molecule has 1 unspecified atom stereocenters. The molecule has 1 atom stereocenters. The van der Waals surface area contributed by atoms with E-state index in [9.17, 15) is 0 Å². The van der Waals surface area contributed by atoms with Crippen LogP contribution in [-0.4, -0.2) is 19.8 Å². The van der Waals surface area contributed by atoms with Crippen molar-refractivity contribution in [2.24, 2.45) is 0 Å². The molecule has 0 aliphatic carbocycles. The summed E-state index contributed by atoms with van der Waals surface area (Å²) in [7, 11) is 3.38. The Balaban J connectivity index is 2.61. The molecular formula is C16H25NO3. The number of methoxy groups -OCH3 is 2. The Hall–Kier alpha value is -1.42. The first-order valence-electron chi connectivity index (χ1n) is 7.24. The number of nitrogens with zero attached hydrogens (tertiary/aromatic N) is 1. The highest BCUT2D eigenvalue weighted by molar-refractivity contribution is 5.70. The van der Waals surface area contributed by atoms with Crippen LogP contribution in [0, 0.1) is 0 Å². The summed E-state index contributed by atoms with van der Waals surface area (Å²) < 4.78 is 11.0. The number of hydrogen-bond donors (Lipinski definition) is 0. The van der Waals surface area contributed by atoms with Gasteiger partial charge in [0.05, 0.1) is 25.3 Å². The van der Waals surface area contributed by atoms with E-state index in [1.54, 1.807) is 14.2 Å². The second kappa shape index (κ2) is 5.52. The van der Waals surface area contributed by atoms with Crippen LogP contribution in [-0.2, 0) is 4.84 Å². The van der Waals surface area contributed by atoms with Crippen molar-refractivity contribution < 1.29 is 14.3 Å². The van der Waals surface area contributed by atoms with E-state index in [-0.39, 0.29) is 11.6 Å². The minimum absolute atomic E-state index is 0.0347. The highest BCUT2D eigenvalue weighted by Gasteiger charge is 2.41. The lowest BCUT2D eigenvalue weighted by atomic mass is 9.94. The van der Waals surface area contributed by atoms with Crippen LogP contribution in [0.3, 0.4) is 0 Å². The van der Waals surface area contributed by atoms with Crippen molar-refractivity contribution >= 4 is 5.69 Å². The van der Waals surface area contributed by atoms with Crippen LogP contribution in [0.4, 0.5) is 5.69 Å². The lowest BCUT2D eigenvalue weighted by Crippen LogP contribution is -2.44. The molecule has 0 fully saturated rings. The van der Waals surface area contributed by atoms with E-state index in [0.29, 0.717) is 0 Å². The van der Waals surface area contributed by atoms with Crippen LogP contribution in [0.5, 0.6) is 11.5 Å². The van der Waals surface area contributed by atoms with Crippen LogP contribution in [0.1, 0.15) is 52.2 Å². The van der Waals surface area contributed by atoms with E-state index in [1.165, 1.54) is 0 Å². The van der Waals surface area contributed by atoms with Crippen molar-refractivity contribution in [3.63, 3.8) is 0 Å². The highest BCUT2D eigenvalue weighted by Crippen LogP contribution is 2.51. The Morgan fingerprint density at radius 3 is 2.20 bits per heavy atom. The molecule has 20 heavy (non-hydrogen) atoms. The second-order valence-corrected chi connectivity index (χ2v) is 5.48. The fourth-order valence-electron chi connectivity index (χ4n) is 2.71. The van der Waals surface area contributed by atoms with E-state index < -0.39 is 0 Å². The van der Waals surface area contributed by atoms with Gasteiger partial charge in [-0.15, -0.1) is 0 Å². The molecule has 1 aromatic rings. The molecule has 1 heterocycles. The SMILES string of the molecule is CCC(C)(CC)N1OC(C)c2c(OC)ccc(OC)c21. The monoisotopic (exact) mass is 279 g/mol. The molecule has 0 saturated carbocycles. The normalized spacial score (nSPS) is 18.1. The zero-order valence-electron chi connectivity index (χ0n) is 13.3. The van der Waals surface area contributed by atoms with Gasteiger partial charge in [0.15, 0.2) is 0 Å². The number of rotatable bonds is 5. The number of ether oxygens (including phenoxy) is 2. The van der Waals surface area contributed by atoms with Crippen LogP contribution in [0.25, 0.3) is 0 Å². The molecule has 0 radical (unpaired) electrons. The standard InChI is InChI=1S/C16H25NO3/c1-7-16(4,8-2)17-15-13(19-6)10-9-12(18-5)14(15)11(3)20-17/h9-11H,7-8H2,1-6H3. The summed E-state index contributed by atoms with van der Waals surface area (Å²) in [5.74, 6) is 1.68. The summed E-state index contributed by atoms with van der Waals surface area (Å²) in [5.41, 5.74) is 2.02. The molecule has 4 nitrogen and oxygen atoms in total. The smallest absolute Gasteiger partial charge is 0.145 e. The third kappa shape index (κ3) is 2.12. The number of hydrogen-bond acceptors (Lipinski definition) is 4. The average Bonchev–Trinajstić information content (AvgIpc) is 2.84. The first-order valence-corrected chi connectivity index (χ1v) is 7.24. The average molecular weight is 279 g/mol. The zero-order chi connectivity index (χ0) is 14.9. The summed E-state index contributed by atoms with van der Waals surface area (Å²) in [5, 5.41) is 2.02. The Bertz CT molecular complexity index is 483. The maximum absolute atomic E-state index is 6.14. The molecule has 0 spiro atoms. The summed E-state index contributed by atoms with van der Waals surface area (Å²) in [6.07, 6.45) is 1.96. The van der Waals surface area contributed by atoms with Gasteiger partial charge in [0.2, 0.25) is 0 Å². The molecule has 1 aliphatic rings. The fourth-order valence-corrected chi connectivity index (χ4v) is 2.71. The van der Waals surface area contributed by atoms with Crippen molar-refractivity contribution in [3.05, 3.63) is 17.7 Å². The summed E-state index contributed by atoms with van der Waals surface area (Å²) >= 11 is 0. The maximum atomic E-state index is 6.14. The molecular weight excluding hydrogens is 254 g/mol. The van der Waals surface area contributed by atoms with E-state index in [4.69, 9.17) is 14.3 Å². The molecule has 1 aliphatic heterocycles. The highest BCUT2D eigenvalue weighted by atomic mass is 16.7. The third-order valence-electron chi connectivity index (χ3n) is 4.47. The molecule has 0 amide bonds. The Morgan fingerprint density at radius 2 is 1.70 bits per heavy atom. The Kier molecular flexibility index (Phi) is 4.14. The first kappa shape index (κ1) is 15.0. The van der Waals surface area contributed by atoms with Crippen LogP contribution in [0.2, 0.25) is 0 Å². The predicted molar refractivity (Wildman–Crippen MR) is 80.5 cm³/mol. The topological polar surface area (TPSA) is 30.9 Å². The summed E-state index contributed by atoms with van der Waals surface area (Å²) in [6.45, 7) is 8.63. The van der Waals surface area contributed by atoms with Crippen molar-refractivity contribution in [3.8, 4) is 11.5 Å². The van der Waals surface area contributed by atoms with E-state index in [0.717, 1.165) is 35.6 Å². The van der Waals surface area contributed by atoms with Crippen LogP contribution in [0.15, 0.2) is 12.1 Å². The van der Waals surface area contributed by atoms with Gasteiger partial charge < -0.3 is 9.47 Å². The molecule has 1 aromatic carbocycles. The van der Waals surface area contributed by atoms with Crippen molar-refractivity contribution in [1.82, 2.24) is 0 Å². The maximum Gasteiger partial charge on any atom is 0.145 e. The van der Waals surface area contributed by atoms with Gasteiger partial charge in [-0.2, -0.15) is 0 Å². The number of anilines is 1. The minimum atomic E-state index is -0.0564. The Morgan fingerprint density at radius 1 is 1.15 bits per heavy atom. The number of benzene rings is 1. The van der Waals surface area contributed by atoms with E-state index in [2.05, 4.69) is 20.8 Å². The van der Waals surface area contributed by atoms with Crippen molar-refractivity contribution in [1.29, 1.82) is 0 Å². The van der Waals surface area contributed by atoms with Gasteiger partial charge in [-0.1, -0.05) is 13.8 Å². The molecule has 112 valence electrons. The fraction of sp³-hybridized carbons (Fsp3) is 0.625. The number of hydroxylamine groups is 1. The molecule has 2 rings (SSSR count). The molecule has 4 heteroatoms. The van der Waals surface area contributed by atoms with Gasteiger partial charge in [-0.05, 0) is 38.8 Å².